The molecule has 0 spiro atoms. The minimum Gasteiger partial charge on any atom is -0.207 e. The van der Waals surface area contributed by atoms with E-state index in [0.717, 1.165) is 10.1 Å². The van der Waals surface area contributed by atoms with Gasteiger partial charge in [0.05, 0.1) is 4.70 Å². The monoisotopic (exact) mass is 153 g/mol. The summed E-state index contributed by atoms with van der Waals surface area (Å²) in [6.45, 7) is 0. The minimum absolute atomic E-state index is 0.201. The van der Waals surface area contributed by atoms with E-state index in [2.05, 4.69) is 4.37 Å². The van der Waals surface area contributed by atoms with Gasteiger partial charge in [0.25, 0.3) is 0 Å². The van der Waals surface area contributed by atoms with E-state index in [4.69, 9.17) is 0 Å². The molecule has 0 radical (unpaired) electrons. The fourth-order valence-corrected chi connectivity index (χ4v) is 1.47. The van der Waals surface area contributed by atoms with Gasteiger partial charge in [0, 0.05) is 11.6 Å². The summed E-state index contributed by atoms with van der Waals surface area (Å²) in [6, 6.07) is 4.67. The number of halogens is 1. The van der Waals surface area contributed by atoms with Crippen molar-refractivity contribution in [2.75, 3.05) is 0 Å². The third kappa shape index (κ3) is 0.789. The Morgan fingerprint density at radius 1 is 1.40 bits per heavy atom. The molecule has 0 atom stereocenters. The predicted molar refractivity (Wildman–Crippen MR) is 39.6 cm³/mol. The Morgan fingerprint density at radius 2 is 2.30 bits per heavy atom. The van der Waals surface area contributed by atoms with Crippen LogP contribution in [0.1, 0.15) is 0 Å². The Labute approximate surface area is 61.3 Å². The van der Waals surface area contributed by atoms with Crippen molar-refractivity contribution in [1.82, 2.24) is 4.37 Å². The zero-order valence-electron chi connectivity index (χ0n) is 5.04. The Hall–Kier alpha value is -0.960. The van der Waals surface area contributed by atoms with E-state index in [1.165, 1.54) is 23.7 Å². The lowest BCUT2D eigenvalue weighted by atomic mass is 10.3. The molecular weight excluding hydrogens is 149 g/mol. The van der Waals surface area contributed by atoms with Crippen LogP contribution in [0.4, 0.5) is 4.39 Å². The molecule has 0 saturated carbocycles. The van der Waals surface area contributed by atoms with E-state index in [0.29, 0.717) is 0 Å². The van der Waals surface area contributed by atoms with Crippen LogP contribution in [0.5, 0.6) is 0 Å². The number of nitrogens with zero attached hydrogens (tertiary/aromatic N) is 1. The van der Waals surface area contributed by atoms with Gasteiger partial charge >= 0.3 is 0 Å². The molecule has 0 amide bonds. The number of hydrogen-bond acceptors (Lipinski definition) is 2. The summed E-state index contributed by atoms with van der Waals surface area (Å²) in [5.41, 5.74) is 0. The summed E-state index contributed by atoms with van der Waals surface area (Å²) < 4.78 is 17.4. The highest BCUT2D eigenvalue weighted by Gasteiger charge is 1.95. The van der Waals surface area contributed by atoms with Crippen molar-refractivity contribution in [2.24, 2.45) is 0 Å². The van der Waals surface area contributed by atoms with E-state index < -0.39 is 0 Å². The largest absolute Gasteiger partial charge is 0.207 e. The average Bonchev–Trinajstić information content (AvgIpc) is 2.33. The van der Waals surface area contributed by atoms with Crippen molar-refractivity contribution in [3.05, 3.63) is 30.2 Å². The maximum atomic E-state index is 12.5. The topological polar surface area (TPSA) is 12.9 Å². The highest BCUT2D eigenvalue weighted by Crippen LogP contribution is 2.17. The number of fused-ring (bicyclic) bond motifs is 1. The quantitative estimate of drug-likeness (QED) is 0.566. The van der Waals surface area contributed by atoms with Crippen LogP contribution >= 0.6 is 11.5 Å². The van der Waals surface area contributed by atoms with Crippen LogP contribution < -0.4 is 0 Å². The molecule has 1 heterocycles. The molecule has 10 heavy (non-hydrogen) atoms. The maximum absolute atomic E-state index is 12.5. The van der Waals surface area contributed by atoms with E-state index in [9.17, 15) is 4.39 Å². The third-order valence-electron chi connectivity index (χ3n) is 1.31. The average molecular weight is 153 g/mol. The van der Waals surface area contributed by atoms with Crippen LogP contribution in [0, 0.1) is 5.82 Å². The molecule has 1 aromatic heterocycles. The fraction of sp³-hybridized carbons (Fsp3) is 0. The molecule has 1 nitrogen and oxygen atoms in total. The SMILES string of the molecule is Fc1ccc2sncc2c1. The molecule has 0 aliphatic carbocycles. The molecule has 3 heteroatoms. The summed E-state index contributed by atoms with van der Waals surface area (Å²) in [7, 11) is 0. The Morgan fingerprint density at radius 3 is 3.20 bits per heavy atom. The molecule has 2 aromatic rings. The zero-order valence-corrected chi connectivity index (χ0v) is 5.86. The minimum atomic E-state index is -0.201. The first-order valence-electron chi connectivity index (χ1n) is 2.86. The molecule has 1 aromatic carbocycles. The molecular formula is C7H4FNS. The standard InChI is InChI=1S/C7H4FNS/c8-6-1-2-7-5(3-6)4-9-10-7/h1-4H. The van der Waals surface area contributed by atoms with Gasteiger partial charge in [-0.05, 0) is 29.7 Å². The molecule has 0 N–H and O–H groups in total. The van der Waals surface area contributed by atoms with E-state index in [-0.39, 0.29) is 5.82 Å². The lowest BCUT2D eigenvalue weighted by molar-refractivity contribution is 0.630. The number of rotatable bonds is 0. The summed E-state index contributed by atoms with van der Waals surface area (Å²) in [5.74, 6) is -0.201. The van der Waals surface area contributed by atoms with Crippen molar-refractivity contribution in [3.8, 4) is 0 Å². The van der Waals surface area contributed by atoms with Crippen LogP contribution in [0.2, 0.25) is 0 Å². The van der Waals surface area contributed by atoms with Gasteiger partial charge < -0.3 is 0 Å². The van der Waals surface area contributed by atoms with Gasteiger partial charge in [-0.1, -0.05) is 0 Å². The van der Waals surface area contributed by atoms with Crippen LogP contribution in [0.15, 0.2) is 24.4 Å². The highest BCUT2D eigenvalue weighted by molar-refractivity contribution is 7.13. The normalized spacial score (nSPS) is 10.5. The maximum Gasteiger partial charge on any atom is 0.123 e. The summed E-state index contributed by atoms with van der Waals surface area (Å²) in [6.07, 6.45) is 1.67. The van der Waals surface area contributed by atoms with Crippen LogP contribution in [0.3, 0.4) is 0 Å². The first-order chi connectivity index (χ1) is 4.86. The smallest absolute Gasteiger partial charge is 0.123 e. The van der Waals surface area contributed by atoms with E-state index in [1.807, 2.05) is 0 Å². The lowest BCUT2D eigenvalue weighted by Crippen LogP contribution is -1.68. The van der Waals surface area contributed by atoms with Crippen LogP contribution in [0.25, 0.3) is 10.1 Å². The summed E-state index contributed by atoms with van der Waals surface area (Å²) in [4.78, 5) is 0. The second kappa shape index (κ2) is 2.02. The number of hydrogen-bond donors (Lipinski definition) is 0. The van der Waals surface area contributed by atoms with Crippen LogP contribution in [-0.2, 0) is 0 Å². The highest BCUT2D eigenvalue weighted by atomic mass is 32.1. The second-order valence-electron chi connectivity index (χ2n) is 2.01. The molecule has 0 unspecified atom stereocenters. The lowest BCUT2D eigenvalue weighted by Gasteiger charge is -1.85. The van der Waals surface area contributed by atoms with Gasteiger partial charge in [0.15, 0.2) is 0 Å². The summed E-state index contributed by atoms with van der Waals surface area (Å²) in [5, 5.41) is 0.880. The molecule has 0 aliphatic heterocycles. The predicted octanol–water partition coefficient (Wildman–Crippen LogP) is 2.44. The molecule has 0 fully saturated rings. The van der Waals surface area contributed by atoms with Gasteiger partial charge in [-0.15, -0.1) is 0 Å². The van der Waals surface area contributed by atoms with Crippen molar-refractivity contribution >= 4 is 21.6 Å². The van der Waals surface area contributed by atoms with Gasteiger partial charge in [-0.3, -0.25) is 0 Å². The van der Waals surface area contributed by atoms with Crippen molar-refractivity contribution < 1.29 is 4.39 Å². The van der Waals surface area contributed by atoms with Gasteiger partial charge in [0.1, 0.15) is 5.82 Å². The van der Waals surface area contributed by atoms with Crippen molar-refractivity contribution in [2.45, 2.75) is 0 Å². The Kier molecular flexibility index (Phi) is 1.17. The van der Waals surface area contributed by atoms with E-state index in [1.54, 1.807) is 12.3 Å². The first-order valence-corrected chi connectivity index (χ1v) is 3.63. The first kappa shape index (κ1) is 5.80. The third-order valence-corrected chi connectivity index (χ3v) is 2.09. The molecule has 50 valence electrons. The molecule has 0 bridgehead atoms. The zero-order chi connectivity index (χ0) is 6.97. The molecule has 2 rings (SSSR count). The molecule has 0 aliphatic rings. The Bertz CT molecular complexity index is 355. The number of benzene rings is 1. The van der Waals surface area contributed by atoms with Crippen LogP contribution in [-0.4, -0.2) is 4.37 Å². The summed E-state index contributed by atoms with van der Waals surface area (Å²) >= 11 is 1.38. The fourth-order valence-electron chi connectivity index (χ4n) is 0.843. The van der Waals surface area contributed by atoms with E-state index >= 15 is 0 Å². The molecule has 0 saturated heterocycles. The van der Waals surface area contributed by atoms with Gasteiger partial charge in [-0.25, -0.2) is 4.39 Å². The van der Waals surface area contributed by atoms with Gasteiger partial charge in [0.2, 0.25) is 0 Å². The Balaban J connectivity index is 2.86. The number of aromatic nitrogens is 1. The van der Waals surface area contributed by atoms with Gasteiger partial charge in [-0.2, -0.15) is 4.37 Å². The van der Waals surface area contributed by atoms with Crippen molar-refractivity contribution in [3.63, 3.8) is 0 Å². The second-order valence-corrected chi connectivity index (χ2v) is 2.84. The van der Waals surface area contributed by atoms with Crippen molar-refractivity contribution in [1.29, 1.82) is 0 Å².